The van der Waals surface area contributed by atoms with Gasteiger partial charge in [0.1, 0.15) is 6.54 Å². The van der Waals surface area contributed by atoms with Gasteiger partial charge in [-0.25, -0.2) is 13.6 Å². The Morgan fingerprint density at radius 2 is 1.55 bits per heavy atom. The van der Waals surface area contributed by atoms with Crippen molar-refractivity contribution in [3.8, 4) is 0 Å². The molecular weight excluding hydrogens is 414 g/mol. The summed E-state index contributed by atoms with van der Waals surface area (Å²) in [5.41, 5.74) is 2.28. The molecule has 8 heteroatoms. The van der Waals surface area contributed by atoms with E-state index in [0.29, 0.717) is 23.4 Å². The fourth-order valence-electron chi connectivity index (χ4n) is 3.02. The summed E-state index contributed by atoms with van der Waals surface area (Å²) >= 11 is 0. The summed E-state index contributed by atoms with van der Waals surface area (Å²) in [5.74, 6) is -0.405. The van der Waals surface area contributed by atoms with Crippen molar-refractivity contribution >= 4 is 27.4 Å². The Bertz CT molecular complexity index is 1180. The Morgan fingerprint density at radius 1 is 0.935 bits per heavy atom. The van der Waals surface area contributed by atoms with E-state index in [2.05, 4.69) is 5.32 Å². The second-order valence-electron chi connectivity index (χ2n) is 7.15. The molecule has 0 aliphatic heterocycles. The Kier molecular flexibility index (Phi) is 6.96. The van der Waals surface area contributed by atoms with Crippen LogP contribution in [0.25, 0.3) is 0 Å². The fraction of sp³-hybridized carbons (Fsp3) is 0.130. The van der Waals surface area contributed by atoms with Gasteiger partial charge < -0.3 is 10.6 Å². The Balaban J connectivity index is 1.64. The van der Waals surface area contributed by atoms with Crippen molar-refractivity contribution in [3.05, 3.63) is 95.6 Å². The van der Waals surface area contributed by atoms with E-state index < -0.39 is 16.1 Å². The number of nitrogens with two attached hydrogens (primary N) is 2. The van der Waals surface area contributed by atoms with Gasteiger partial charge in [0.25, 0.3) is 5.91 Å². The summed E-state index contributed by atoms with van der Waals surface area (Å²) in [6.07, 6.45) is 0. The number of hydrogen-bond donors (Lipinski definition) is 3. The van der Waals surface area contributed by atoms with Gasteiger partial charge in [-0.1, -0.05) is 54.6 Å². The lowest BCUT2D eigenvalue weighted by atomic mass is 10.0. The molecule has 0 radical (unpaired) electrons. The molecule has 0 aliphatic rings. The van der Waals surface area contributed by atoms with Crippen LogP contribution in [0.3, 0.4) is 0 Å². The molecule has 3 aromatic carbocycles. The first kappa shape index (κ1) is 22.4. The summed E-state index contributed by atoms with van der Waals surface area (Å²) < 4.78 is 22.7. The lowest BCUT2D eigenvalue weighted by Gasteiger charge is -2.14. The average Bonchev–Trinajstić information content (AvgIpc) is 2.77. The van der Waals surface area contributed by atoms with Crippen molar-refractivity contribution in [2.24, 2.45) is 5.14 Å². The van der Waals surface area contributed by atoms with E-state index in [9.17, 15) is 18.0 Å². The Morgan fingerprint density at radius 3 is 2.19 bits per heavy atom. The van der Waals surface area contributed by atoms with Crippen molar-refractivity contribution in [2.75, 3.05) is 5.32 Å². The van der Waals surface area contributed by atoms with Crippen LogP contribution >= 0.6 is 0 Å². The van der Waals surface area contributed by atoms with E-state index in [1.807, 2.05) is 11.4 Å². The van der Waals surface area contributed by atoms with Gasteiger partial charge in [0.2, 0.25) is 10.0 Å². The number of anilines is 1. The number of hydrogen-bond acceptors (Lipinski definition) is 4. The first-order chi connectivity index (χ1) is 14.8. The van der Waals surface area contributed by atoms with Gasteiger partial charge in [0, 0.05) is 16.7 Å². The number of nitrogens with one attached hydrogen (secondary N) is 1. The zero-order chi connectivity index (χ0) is 22.4. The third-order valence-corrected chi connectivity index (χ3v) is 5.77. The Hall–Kier alpha value is -3.33. The van der Waals surface area contributed by atoms with Crippen LogP contribution in [0.2, 0.25) is 0 Å². The number of rotatable bonds is 8. The largest absolute Gasteiger partial charge is 0.333 e. The molecule has 160 valence electrons. The molecule has 5 N–H and O–H groups in total. The summed E-state index contributed by atoms with van der Waals surface area (Å²) in [6, 6.07) is 21.6. The van der Waals surface area contributed by atoms with Crippen LogP contribution in [-0.4, -0.2) is 26.2 Å². The van der Waals surface area contributed by atoms with Crippen LogP contribution in [0.5, 0.6) is 0 Å². The number of benzene rings is 3. The smallest absolute Gasteiger partial charge is 0.282 e. The van der Waals surface area contributed by atoms with Crippen molar-refractivity contribution in [1.29, 1.82) is 0 Å². The molecule has 0 spiro atoms. The van der Waals surface area contributed by atoms with Crippen molar-refractivity contribution in [2.45, 2.75) is 24.4 Å². The maximum absolute atomic E-state index is 12.8. The number of carbonyl (C=O) groups is 2. The summed E-state index contributed by atoms with van der Waals surface area (Å²) in [4.78, 5) is 25.5. The number of amides is 1. The van der Waals surface area contributed by atoms with Gasteiger partial charge in [0.15, 0.2) is 11.8 Å². The van der Waals surface area contributed by atoms with Crippen molar-refractivity contribution in [1.82, 2.24) is 0 Å². The molecule has 3 rings (SSSR count). The third-order valence-electron chi connectivity index (χ3n) is 4.84. The molecule has 0 heterocycles. The molecule has 0 aromatic heterocycles. The lowest BCUT2D eigenvalue weighted by molar-refractivity contribution is -0.688. The lowest BCUT2D eigenvalue weighted by Crippen LogP contribution is -2.90. The SMILES string of the molecule is C[C@@H]([NH2+]Cc1ccc(S(N)(=O)=O)cc1)C(=O)Nc1ccccc1C(=O)c1ccccc1. The molecule has 0 aliphatic carbocycles. The standard InChI is InChI=1S/C23H23N3O4S/c1-16(25-15-17-11-13-19(14-12-17)31(24,29)30)23(28)26-21-10-6-5-9-20(21)22(27)18-7-3-2-4-8-18/h2-14,16,25H,15H2,1H3,(H,26,28)(H2,24,29,30)/p+1/t16-/m1/s1. The molecule has 3 aromatic rings. The molecule has 1 atom stereocenters. The van der Waals surface area contributed by atoms with E-state index in [4.69, 9.17) is 5.14 Å². The van der Waals surface area contributed by atoms with Crippen LogP contribution in [0.4, 0.5) is 5.69 Å². The zero-order valence-corrected chi connectivity index (χ0v) is 17.8. The quantitative estimate of drug-likeness (QED) is 0.463. The average molecular weight is 439 g/mol. The van der Waals surface area contributed by atoms with Gasteiger partial charge >= 0.3 is 0 Å². The topological polar surface area (TPSA) is 123 Å². The highest BCUT2D eigenvalue weighted by Crippen LogP contribution is 2.19. The van der Waals surface area contributed by atoms with E-state index in [1.54, 1.807) is 67.6 Å². The Labute approximate surface area is 181 Å². The third kappa shape index (κ3) is 5.85. The van der Waals surface area contributed by atoms with Crippen LogP contribution in [-0.2, 0) is 21.4 Å². The highest BCUT2D eigenvalue weighted by atomic mass is 32.2. The van der Waals surface area contributed by atoms with Crippen molar-refractivity contribution < 1.29 is 23.3 Å². The zero-order valence-electron chi connectivity index (χ0n) is 17.0. The maximum atomic E-state index is 12.8. The highest BCUT2D eigenvalue weighted by molar-refractivity contribution is 7.89. The van der Waals surface area contributed by atoms with Crippen LogP contribution < -0.4 is 15.8 Å². The minimum Gasteiger partial charge on any atom is -0.333 e. The number of primary sulfonamides is 1. The number of quaternary nitrogens is 1. The number of ketones is 1. The van der Waals surface area contributed by atoms with Gasteiger partial charge in [0.05, 0.1) is 10.6 Å². The number of sulfonamides is 1. The summed E-state index contributed by atoms with van der Waals surface area (Å²) in [7, 11) is -3.73. The second-order valence-corrected chi connectivity index (χ2v) is 8.71. The van der Waals surface area contributed by atoms with Gasteiger partial charge in [-0.2, -0.15) is 0 Å². The molecule has 0 saturated carbocycles. The fourth-order valence-corrected chi connectivity index (χ4v) is 3.53. The first-order valence-electron chi connectivity index (χ1n) is 9.70. The summed E-state index contributed by atoms with van der Waals surface area (Å²) in [5, 5.41) is 9.76. The van der Waals surface area contributed by atoms with Gasteiger partial charge in [-0.05, 0) is 31.2 Å². The molecule has 0 unspecified atom stereocenters. The maximum Gasteiger partial charge on any atom is 0.282 e. The first-order valence-corrected chi connectivity index (χ1v) is 11.2. The molecule has 31 heavy (non-hydrogen) atoms. The predicted molar refractivity (Wildman–Crippen MR) is 118 cm³/mol. The van der Waals surface area contributed by atoms with Crippen LogP contribution in [0, 0.1) is 0 Å². The molecule has 7 nitrogen and oxygen atoms in total. The van der Waals surface area contributed by atoms with Crippen LogP contribution in [0.15, 0.2) is 83.8 Å². The van der Waals surface area contributed by atoms with E-state index in [0.717, 1.165) is 5.56 Å². The van der Waals surface area contributed by atoms with E-state index >= 15 is 0 Å². The molecular formula is C23H24N3O4S+. The predicted octanol–water partition coefficient (Wildman–Crippen LogP) is 1.66. The minimum absolute atomic E-state index is 0.0433. The number of carbonyl (C=O) groups excluding carboxylic acids is 2. The van der Waals surface area contributed by atoms with Crippen molar-refractivity contribution in [3.63, 3.8) is 0 Å². The molecule has 1 amide bonds. The number of para-hydroxylation sites is 1. The molecule has 0 saturated heterocycles. The molecule has 0 fully saturated rings. The highest BCUT2D eigenvalue weighted by Gasteiger charge is 2.20. The summed E-state index contributed by atoms with van der Waals surface area (Å²) in [6.45, 7) is 2.24. The van der Waals surface area contributed by atoms with E-state index in [-0.39, 0.29) is 16.6 Å². The minimum atomic E-state index is -3.73. The van der Waals surface area contributed by atoms with Crippen LogP contribution in [0.1, 0.15) is 28.4 Å². The van der Waals surface area contributed by atoms with Gasteiger partial charge in [-0.3, -0.25) is 9.59 Å². The normalized spacial score (nSPS) is 12.2. The monoisotopic (exact) mass is 438 g/mol. The van der Waals surface area contributed by atoms with E-state index in [1.165, 1.54) is 12.1 Å². The molecule has 0 bridgehead atoms. The van der Waals surface area contributed by atoms with Gasteiger partial charge in [-0.15, -0.1) is 0 Å². The second kappa shape index (κ2) is 9.65.